The minimum atomic E-state index is 0.0894. The van der Waals surface area contributed by atoms with Crippen LogP contribution in [0.15, 0.2) is 22.8 Å². The molecule has 1 saturated carbocycles. The molecule has 0 aromatic carbocycles. The second kappa shape index (κ2) is 4.55. The quantitative estimate of drug-likeness (QED) is 0.747. The van der Waals surface area contributed by atoms with Gasteiger partial charge in [-0.1, -0.05) is 12.8 Å². The number of piperidine rings is 1. The monoisotopic (exact) mass is 233 g/mol. The van der Waals surface area contributed by atoms with Gasteiger partial charge in [-0.3, -0.25) is 4.79 Å². The first-order valence-corrected chi connectivity index (χ1v) is 6.71. The normalized spacial score (nSPS) is 28.8. The van der Waals surface area contributed by atoms with E-state index in [0.29, 0.717) is 11.8 Å². The maximum Gasteiger partial charge on any atom is 0.289 e. The Kier molecular flexibility index (Phi) is 2.91. The summed E-state index contributed by atoms with van der Waals surface area (Å²) in [4.78, 5) is 14.4. The van der Waals surface area contributed by atoms with Gasteiger partial charge in [-0.15, -0.1) is 0 Å². The zero-order valence-corrected chi connectivity index (χ0v) is 10.1. The van der Waals surface area contributed by atoms with E-state index in [1.54, 1.807) is 18.4 Å². The van der Waals surface area contributed by atoms with Crippen molar-refractivity contribution in [3.8, 4) is 0 Å². The van der Waals surface area contributed by atoms with Crippen molar-refractivity contribution in [2.75, 3.05) is 6.54 Å². The molecule has 0 spiro atoms. The van der Waals surface area contributed by atoms with E-state index >= 15 is 0 Å². The average Bonchev–Trinajstić information content (AvgIpc) is 2.91. The molecule has 2 heterocycles. The summed E-state index contributed by atoms with van der Waals surface area (Å²) in [6, 6.07) is 4.03. The highest BCUT2D eigenvalue weighted by atomic mass is 16.3. The molecule has 3 heteroatoms. The smallest absolute Gasteiger partial charge is 0.289 e. The number of hydrogen-bond acceptors (Lipinski definition) is 2. The van der Waals surface area contributed by atoms with Crippen LogP contribution in [0.5, 0.6) is 0 Å². The topological polar surface area (TPSA) is 33.5 Å². The molecular formula is C14H19NO2. The van der Waals surface area contributed by atoms with Crippen molar-refractivity contribution in [2.24, 2.45) is 5.92 Å². The maximum absolute atomic E-state index is 12.3. The molecule has 92 valence electrons. The fourth-order valence-corrected chi connectivity index (χ4v) is 3.42. The van der Waals surface area contributed by atoms with Gasteiger partial charge in [-0.05, 0) is 43.7 Å². The van der Waals surface area contributed by atoms with Gasteiger partial charge < -0.3 is 9.32 Å². The van der Waals surface area contributed by atoms with E-state index in [4.69, 9.17) is 4.42 Å². The minimum Gasteiger partial charge on any atom is -0.459 e. The summed E-state index contributed by atoms with van der Waals surface area (Å²) < 4.78 is 5.24. The molecule has 2 fully saturated rings. The van der Waals surface area contributed by atoms with Gasteiger partial charge in [0.15, 0.2) is 5.76 Å². The fourth-order valence-electron chi connectivity index (χ4n) is 3.42. The second-order valence-electron chi connectivity index (χ2n) is 5.23. The predicted octanol–water partition coefficient (Wildman–Crippen LogP) is 3.07. The third-order valence-electron chi connectivity index (χ3n) is 4.24. The van der Waals surface area contributed by atoms with Crippen LogP contribution in [-0.4, -0.2) is 23.4 Å². The molecule has 3 rings (SSSR count). The van der Waals surface area contributed by atoms with Crippen molar-refractivity contribution < 1.29 is 9.21 Å². The molecule has 2 unspecified atom stereocenters. The molecule has 1 aliphatic heterocycles. The molecule has 17 heavy (non-hydrogen) atoms. The third kappa shape index (κ3) is 1.99. The van der Waals surface area contributed by atoms with Gasteiger partial charge in [0, 0.05) is 12.6 Å². The van der Waals surface area contributed by atoms with Crippen LogP contribution in [-0.2, 0) is 0 Å². The molecule has 0 radical (unpaired) electrons. The van der Waals surface area contributed by atoms with Crippen LogP contribution < -0.4 is 0 Å². The maximum atomic E-state index is 12.3. The molecule has 1 aromatic heterocycles. The van der Waals surface area contributed by atoms with Crippen LogP contribution in [0, 0.1) is 5.92 Å². The Hall–Kier alpha value is -1.25. The summed E-state index contributed by atoms with van der Waals surface area (Å²) in [7, 11) is 0. The van der Waals surface area contributed by atoms with Crippen LogP contribution in [0.2, 0.25) is 0 Å². The molecule has 2 aliphatic rings. The number of furan rings is 1. The lowest BCUT2D eigenvalue weighted by Gasteiger charge is -2.43. The SMILES string of the molecule is O=C(c1ccco1)N1CCCC2CCCCC21. The van der Waals surface area contributed by atoms with Gasteiger partial charge in [0.25, 0.3) is 5.91 Å². The molecule has 1 aromatic rings. The van der Waals surface area contributed by atoms with Crippen molar-refractivity contribution in [3.05, 3.63) is 24.2 Å². The van der Waals surface area contributed by atoms with E-state index < -0.39 is 0 Å². The van der Waals surface area contributed by atoms with Crippen molar-refractivity contribution in [3.63, 3.8) is 0 Å². The number of amides is 1. The number of carbonyl (C=O) groups is 1. The van der Waals surface area contributed by atoms with Crippen molar-refractivity contribution in [1.82, 2.24) is 4.90 Å². The number of likely N-dealkylation sites (tertiary alicyclic amines) is 1. The largest absolute Gasteiger partial charge is 0.459 e. The Balaban J connectivity index is 1.79. The second-order valence-corrected chi connectivity index (χ2v) is 5.23. The van der Waals surface area contributed by atoms with E-state index in [1.165, 1.54) is 32.1 Å². The lowest BCUT2D eigenvalue weighted by Crippen LogP contribution is -2.49. The van der Waals surface area contributed by atoms with Crippen LogP contribution in [0.4, 0.5) is 0 Å². The van der Waals surface area contributed by atoms with Crippen LogP contribution >= 0.6 is 0 Å². The van der Waals surface area contributed by atoms with Gasteiger partial charge in [-0.2, -0.15) is 0 Å². The van der Waals surface area contributed by atoms with Crippen molar-refractivity contribution in [2.45, 2.75) is 44.6 Å². The van der Waals surface area contributed by atoms with Gasteiger partial charge >= 0.3 is 0 Å². The zero-order chi connectivity index (χ0) is 11.7. The van der Waals surface area contributed by atoms with E-state index in [9.17, 15) is 4.79 Å². The molecule has 1 aliphatic carbocycles. The molecule has 0 N–H and O–H groups in total. The van der Waals surface area contributed by atoms with Crippen LogP contribution in [0.1, 0.15) is 49.1 Å². The van der Waals surface area contributed by atoms with E-state index in [-0.39, 0.29) is 5.91 Å². The highest BCUT2D eigenvalue weighted by molar-refractivity contribution is 5.91. The predicted molar refractivity (Wildman–Crippen MR) is 64.7 cm³/mol. The summed E-state index contributed by atoms with van der Waals surface area (Å²) >= 11 is 0. The summed E-state index contributed by atoms with van der Waals surface area (Å²) in [5.41, 5.74) is 0. The highest BCUT2D eigenvalue weighted by Gasteiger charge is 2.36. The summed E-state index contributed by atoms with van der Waals surface area (Å²) in [5.74, 6) is 1.32. The van der Waals surface area contributed by atoms with E-state index in [2.05, 4.69) is 4.90 Å². The lowest BCUT2D eigenvalue weighted by atomic mass is 9.78. The Bertz CT molecular complexity index is 383. The number of rotatable bonds is 1. The van der Waals surface area contributed by atoms with Crippen molar-refractivity contribution >= 4 is 5.91 Å². The summed E-state index contributed by atoms with van der Waals surface area (Å²) in [5, 5.41) is 0. The first-order chi connectivity index (χ1) is 8.36. The standard InChI is InChI=1S/C14H19NO2/c16-14(13-8-4-10-17-13)15-9-3-6-11-5-1-2-7-12(11)15/h4,8,10-12H,1-3,5-7,9H2. The van der Waals surface area contributed by atoms with E-state index in [1.807, 2.05) is 0 Å². The van der Waals surface area contributed by atoms with Gasteiger partial charge in [0.05, 0.1) is 6.26 Å². The lowest BCUT2D eigenvalue weighted by molar-refractivity contribution is 0.0362. The number of carbonyl (C=O) groups excluding carboxylic acids is 1. The van der Waals surface area contributed by atoms with Gasteiger partial charge in [0.1, 0.15) is 0 Å². The zero-order valence-electron chi connectivity index (χ0n) is 10.1. The minimum absolute atomic E-state index is 0.0894. The summed E-state index contributed by atoms with van der Waals surface area (Å²) in [6.07, 6.45) is 9.10. The first-order valence-electron chi connectivity index (χ1n) is 6.71. The van der Waals surface area contributed by atoms with Crippen LogP contribution in [0.3, 0.4) is 0 Å². The first kappa shape index (κ1) is 10.9. The number of hydrogen-bond donors (Lipinski definition) is 0. The fraction of sp³-hybridized carbons (Fsp3) is 0.643. The Morgan fingerprint density at radius 3 is 2.88 bits per heavy atom. The molecular weight excluding hydrogens is 214 g/mol. The molecule has 0 bridgehead atoms. The van der Waals surface area contributed by atoms with Crippen LogP contribution in [0.25, 0.3) is 0 Å². The Morgan fingerprint density at radius 1 is 1.24 bits per heavy atom. The van der Waals surface area contributed by atoms with Gasteiger partial charge in [-0.25, -0.2) is 0 Å². The highest BCUT2D eigenvalue weighted by Crippen LogP contribution is 2.35. The van der Waals surface area contributed by atoms with Crippen molar-refractivity contribution in [1.29, 1.82) is 0 Å². The Labute approximate surface area is 102 Å². The molecule has 2 atom stereocenters. The molecule has 1 amide bonds. The Morgan fingerprint density at radius 2 is 2.06 bits per heavy atom. The number of fused-ring (bicyclic) bond motifs is 1. The number of nitrogens with zero attached hydrogens (tertiary/aromatic N) is 1. The molecule has 1 saturated heterocycles. The van der Waals surface area contributed by atoms with Gasteiger partial charge in [0.2, 0.25) is 0 Å². The third-order valence-corrected chi connectivity index (χ3v) is 4.24. The molecule has 3 nitrogen and oxygen atoms in total. The summed E-state index contributed by atoms with van der Waals surface area (Å²) in [6.45, 7) is 0.903. The van der Waals surface area contributed by atoms with E-state index in [0.717, 1.165) is 18.9 Å². The average molecular weight is 233 g/mol.